The number of carbonyl (C=O) groups is 2. The van der Waals surface area contributed by atoms with Crippen molar-refractivity contribution in [2.75, 3.05) is 19.6 Å². The van der Waals surface area contributed by atoms with Crippen LogP contribution in [0.5, 0.6) is 0 Å². The maximum atomic E-state index is 11.5. The first-order valence-electron chi connectivity index (χ1n) is 6.20. The monoisotopic (exact) mass is 258 g/mol. The first-order valence-corrected chi connectivity index (χ1v) is 6.20. The summed E-state index contributed by atoms with van der Waals surface area (Å²) in [6.07, 6.45) is 0.248. The number of hydrogen-bond acceptors (Lipinski definition) is 4. The van der Waals surface area contributed by atoms with E-state index < -0.39 is 23.6 Å². The summed E-state index contributed by atoms with van der Waals surface area (Å²) in [6.45, 7) is 6.94. The Hall–Kier alpha value is -1.30. The van der Waals surface area contributed by atoms with Crippen molar-refractivity contribution in [3.05, 3.63) is 0 Å². The molecule has 0 aromatic rings. The lowest BCUT2D eigenvalue weighted by Gasteiger charge is -2.29. The van der Waals surface area contributed by atoms with Crippen molar-refractivity contribution in [3.63, 3.8) is 0 Å². The highest BCUT2D eigenvalue weighted by Gasteiger charge is 2.31. The summed E-state index contributed by atoms with van der Waals surface area (Å²) in [5, 5.41) is 14.8. The molecule has 0 spiro atoms. The predicted molar refractivity (Wildman–Crippen MR) is 66.3 cm³/mol. The number of nitrogens with one attached hydrogen (secondary N) is 2. The molecule has 2 unspecified atom stereocenters. The minimum Gasteiger partial charge on any atom is -0.481 e. The molecule has 6 nitrogen and oxygen atoms in total. The molecular weight excluding hydrogens is 236 g/mol. The van der Waals surface area contributed by atoms with Crippen LogP contribution in [0.25, 0.3) is 0 Å². The van der Waals surface area contributed by atoms with Gasteiger partial charge in [0.1, 0.15) is 5.60 Å². The summed E-state index contributed by atoms with van der Waals surface area (Å²) in [7, 11) is 0. The molecule has 1 rings (SSSR count). The van der Waals surface area contributed by atoms with Gasteiger partial charge in [-0.15, -0.1) is 0 Å². The Bertz CT molecular complexity index is 312. The van der Waals surface area contributed by atoms with Crippen molar-refractivity contribution in [1.82, 2.24) is 10.6 Å². The second kappa shape index (κ2) is 6.04. The van der Waals surface area contributed by atoms with Gasteiger partial charge in [0.25, 0.3) is 0 Å². The molecule has 0 aromatic heterocycles. The number of carbonyl (C=O) groups excluding carboxylic acids is 1. The Morgan fingerprint density at radius 1 is 1.44 bits per heavy atom. The highest BCUT2D eigenvalue weighted by molar-refractivity contribution is 5.71. The van der Waals surface area contributed by atoms with Crippen LogP contribution in [0.15, 0.2) is 0 Å². The summed E-state index contributed by atoms with van der Waals surface area (Å²) in [5.41, 5.74) is -0.537. The second-order valence-corrected chi connectivity index (χ2v) is 5.58. The minimum atomic E-state index is -0.821. The molecule has 1 aliphatic rings. The topological polar surface area (TPSA) is 87.7 Å². The van der Waals surface area contributed by atoms with Crippen LogP contribution in [0.2, 0.25) is 0 Å². The van der Waals surface area contributed by atoms with Crippen molar-refractivity contribution >= 4 is 12.1 Å². The van der Waals surface area contributed by atoms with E-state index >= 15 is 0 Å². The van der Waals surface area contributed by atoms with E-state index in [0.29, 0.717) is 13.1 Å². The fraction of sp³-hybridized carbons (Fsp3) is 0.833. The maximum absolute atomic E-state index is 11.5. The smallest absolute Gasteiger partial charge is 0.407 e. The van der Waals surface area contributed by atoms with Gasteiger partial charge in [-0.1, -0.05) is 0 Å². The van der Waals surface area contributed by atoms with Crippen LogP contribution in [-0.4, -0.2) is 42.4 Å². The SMILES string of the molecule is CC(C)(C)OC(=O)NCC1CCNCC1C(=O)O. The van der Waals surface area contributed by atoms with Crippen molar-refractivity contribution in [3.8, 4) is 0 Å². The van der Waals surface area contributed by atoms with E-state index in [-0.39, 0.29) is 5.92 Å². The van der Waals surface area contributed by atoms with Crippen molar-refractivity contribution < 1.29 is 19.4 Å². The molecule has 1 amide bonds. The lowest BCUT2D eigenvalue weighted by Crippen LogP contribution is -2.46. The molecule has 1 heterocycles. The number of amides is 1. The highest BCUT2D eigenvalue weighted by atomic mass is 16.6. The zero-order chi connectivity index (χ0) is 13.8. The molecule has 1 aliphatic heterocycles. The molecule has 104 valence electrons. The number of rotatable bonds is 3. The molecule has 3 N–H and O–H groups in total. The standard InChI is InChI=1S/C12H22N2O4/c1-12(2,3)18-11(17)14-6-8-4-5-13-7-9(8)10(15)16/h8-9,13H,4-7H2,1-3H3,(H,14,17)(H,15,16). The van der Waals surface area contributed by atoms with E-state index in [1.54, 1.807) is 20.8 Å². The first-order chi connectivity index (χ1) is 8.29. The quantitative estimate of drug-likeness (QED) is 0.697. The summed E-state index contributed by atoms with van der Waals surface area (Å²) >= 11 is 0. The van der Waals surface area contributed by atoms with Crippen LogP contribution in [0.3, 0.4) is 0 Å². The van der Waals surface area contributed by atoms with Gasteiger partial charge in [0.15, 0.2) is 0 Å². The zero-order valence-corrected chi connectivity index (χ0v) is 11.2. The predicted octanol–water partition coefficient (Wildman–Crippen LogP) is 0.821. The van der Waals surface area contributed by atoms with Gasteiger partial charge >= 0.3 is 12.1 Å². The molecule has 1 fully saturated rings. The normalized spacial score (nSPS) is 24.4. The molecule has 18 heavy (non-hydrogen) atoms. The van der Waals surface area contributed by atoms with Crippen LogP contribution in [0.1, 0.15) is 27.2 Å². The Morgan fingerprint density at radius 2 is 2.11 bits per heavy atom. The van der Waals surface area contributed by atoms with Crippen LogP contribution in [-0.2, 0) is 9.53 Å². The molecular formula is C12H22N2O4. The van der Waals surface area contributed by atoms with E-state index in [1.807, 2.05) is 0 Å². The molecule has 0 radical (unpaired) electrons. The van der Waals surface area contributed by atoms with Crippen LogP contribution < -0.4 is 10.6 Å². The Kier molecular flexibility index (Phi) is 4.95. The van der Waals surface area contributed by atoms with Gasteiger partial charge < -0.3 is 20.5 Å². The molecule has 0 bridgehead atoms. The Labute approximate surface area is 107 Å². The minimum absolute atomic E-state index is 0.0451. The number of ether oxygens (including phenoxy) is 1. The first kappa shape index (κ1) is 14.8. The van der Waals surface area contributed by atoms with E-state index in [2.05, 4.69) is 10.6 Å². The van der Waals surface area contributed by atoms with E-state index in [1.165, 1.54) is 0 Å². The summed E-state index contributed by atoms with van der Waals surface area (Å²) in [4.78, 5) is 22.5. The maximum Gasteiger partial charge on any atom is 0.407 e. The van der Waals surface area contributed by atoms with Gasteiger partial charge in [0.2, 0.25) is 0 Å². The van der Waals surface area contributed by atoms with E-state index in [0.717, 1.165) is 13.0 Å². The summed E-state index contributed by atoms with van der Waals surface area (Å²) in [5.74, 6) is -1.32. The zero-order valence-electron chi connectivity index (χ0n) is 11.2. The second-order valence-electron chi connectivity index (χ2n) is 5.58. The highest BCUT2D eigenvalue weighted by Crippen LogP contribution is 2.18. The van der Waals surface area contributed by atoms with Gasteiger partial charge in [0, 0.05) is 13.1 Å². The van der Waals surface area contributed by atoms with E-state index in [4.69, 9.17) is 9.84 Å². The van der Waals surface area contributed by atoms with Gasteiger partial charge in [-0.05, 0) is 39.7 Å². The molecule has 6 heteroatoms. The lowest BCUT2D eigenvalue weighted by atomic mass is 9.86. The van der Waals surface area contributed by atoms with Crippen LogP contribution in [0.4, 0.5) is 4.79 Å². The number of carboxylic acid groups (broad SMARTS) is 1. The summed E-state index contributed by atoms with van der Waals surface area (Å²) in [6, 6.07) is 0. The van der Waals surface area contributed by atoms with E-state index in [9.17, 15) is 9.59 Å². The van der Waals surface area contributed by atoms with Crippen molar-refractivity contribution in [1.29, 1.82) is 0 Å². The average molecular weight is 258 g/mol. The molecule has 0 aromatic carbocycles. The van der Waals surface area contributed by atoms with Gasteiger partial charge in [-0.25, -0.2) is 4.79 Å². The molecule has 0 saturated carbocycles. The van der Waals surface area contributed by atoms with Gasteiger partial charge in [-0.2, -0.15) is 0 Å². The van der Waals surface area contributed by atoms with Crippen LogP contribution >= 0.6 is 0 Å². The lowest BCUT2D eigenvalue weighted by molar-refractivity contribution is -0.144. The van der Waals surface area contributed by atoms with Crippen molar-refractivity contribution in [2.45, 2.75) is 32.8 Å². The molecule has 0 aliphatic carbocycles. The fourth-order valence-corrected chi connectivity index (χ4v) is 1.97. The van der Waals surface area contributed by atoms with Gasteiger partial charge in [0.05, 0.1) is 5.92 Å². The Balaban J connectivity index is 2.41. The largest absolute Gasteiger partial charge is 0.481 e. The van der Waals surface area contributed by atoms with Crippen molar-refractivity contribution in [2.24, 2.45) is 11.8 Å². The third-order valence-corrected chi connectivity index (χ3v) is 2.85. The number of hydrogen-bond donors (Lipinski definition) is 3. The number of aliphatic carboxylic acids is 1. The summed E-state index contributed by atoms with van der Waals surface area (Å²) < 4.78 is 5.11. The number of carboxylic acids is 1. The molecule has 1 saturated heterocycles. The third-order valence-electron chi connectivity index (χ3n) is 2.85. The van der Waals surface area contributed by atoms with Crippen LogP contribution in [0, 0.1) is 11.8 Å². The number of alkyl carbamates (subject to hydrolysis) is 1. The average Bonchev–Trinajstić information content (AvgIpc) is 2.24. The Morgan fingerprint density at radius 3 is 2.67 bits per heavy atom. The molecule has 2 atom stereocenters. The number of piperidine rings is 1. The van der Waals surface area contributed by atoms with Gasteiger partial charge in [-0.3, -0.25) is 4.79 Å². The fourth-order valence-electron chi connectivity index (χ4n) is 1.97. The third kappa shape index (κ3) is 4.91.